The van der Waals surface area contributed by atoms with E-state index in [2.05, 4.69) is 82.1 Å². The van der Waals surface area contributed by atoms with E-state index in [1.165, 1.54) is 0 Å². The first-order valence-electron chi connectivity index (χ1n) is 13.0. The van der Waals surface area contributed by atoms with Crippen molar-refractivity contribution in [2.75, 3.05) is 18.2 Å². The van der Waals surface area contributed by atoms with Gasteiger partial charge in [0.1, 0.15) is 11.6 Å². The maximum atomic E-state index is 11.6. The number of pyridine rings is 1. The molecule has 2 aromatic heterocycles. The van der Waals surface area contributed by atoms with Crippen molar-refractivity contribution in [1.29, 1.82) is 0 Å². The fourth-order valence-electron chi connectivity index (χ4n) is 3.82. The maximum Gasteiger partial charge on any atom is 0.224 e. The van der Waals surface area contributed by atoms with E-state index in [-0.39, 0.29) is 5.91 Å². The average Bonchev–Trinajstić information content (AvgIpc) is 3.31. The number of nitrogen functional groups attached to an aromatic ring is 1. The van der Waals surface area contributed by atoms with Gasteiger partial charge in [-0.3, -0.25) is 9.78 Å². The molecule has 4 rings (SSSR count). The van der Waals surface area contributed by atoms with Crippen LogP contribution < -0.4 is 15.8 Å². The second-order valence-electron chi connectivity index (χ2n) is 10.1. The summed E-state index contributed by atoms with van der Waals surface area (Å²) in [4.78, 5) is 23.8. The molecule has 0 bridgehead atoms. The van der Waals surface area contributed by atoms with Crippen LogP contribution in [-0.4, -0.2) is 28.0 Å². The summed E-state index contributed by atoms with van der Waals surface area (Å²) in [5, 5.41) is 2.81. The van der Waals surface area contributed by atoms with Crippen molar-refractivity contribution in [3.8, 4) is 16.9 Å². The van der Waals surface area contributed by atoms with Crippen LogP contribution in [0.1, 0.15) is 52.8 Å². The van der Waals surface area contributed by atoms with Gasteiger partial charge >= 0.3 is 0 Å². The molecule has 8 heteroatoms. The number of fused-ring (bicyclic) bond motifs is 1. The van der Waals surface area contributed by atoms with E-state index in [1.54, 1.807) is 25.6 Å². The van der Waals surface area contributed by atoms with Gasteiger partial charge in [-0.15, -0.1) is 0 Å². The molecule has 202 valence electrons. The molecule has 0 atom stereocenters. The Morgan fingerprint density at radius 1 is 1.08 bits per heavy atom. The second-order valence-corrected chi connectivity index (χ2v) is 11.1. The molecule has 0 aliphatic heterocycles. The fourth-order valence-corrected chi connectivity index (χ4v) is 4.19. The van der Waals surface area contributed by atoms with Crippen LogP contribution in [0.2, 0.25) is 0 Å². The van der Waals surface area contributed by atoms with E-state index >= 15 is 0 Å². The number of anilines is 2. The zero-order valence-corrected chi connectivity index (χ0v) is 24.4. The smallest absolute Gasteiger partial charge is 0.224 e. The number of rotatable bonds is 9. The average molecular weight is 581 g/mol. The third-order valence-corrected chi connectivity index (χ3v) is 6.54. The topological polar surface area (TPSA) is 106 Å². The lowest BCUT2D eigenvalue weighted by Crippen LogP contribution is -2.13. The van der Waals surface area contributed by atoms with Gasteiger partial charge in [0, 0.05) is 29.1 Å². The molecule has 1 amide bonds. The summed E-state index contributed by atoms with van der Waals surface area (Å²) in [5.41, 5.74) is 11.2. The molecule has 0 aliphatic carbocycles. The number of nitrogens with one attached hydrogen (secondary N) is 2. The molecule has 0 aliphatic rings. The number of hydrogen-bond acceptors (Lipinski definition) is 5. The normalized spacial score (nSPS) is 10.9. The largest absolute Gasteiger partial charge is 0.494 e. The summed E-state index contributed by atoms with van der Waals surface area (Å²) >= 11 is 3.34. The Hall–Kier alpha value is -3.39. The number of halogens is 1. The van der Waals surface area contributed by atoms with Gasteiger partial charge in [0.2, 0.25) is 5.91 Å². The van der Waals surface area contributed by atoms with E-state index in [4.69, 9.17) is 10.5 Å². The summed E-state index contributed by atoms with van der Waals surface area (Å²) < 4.78 is 6.30. The van der Waals surface area contributed by atoms with Gasteiger partial charge in [0.05, 0.1) is 35.7 Å². The molecule has 0 saturated heterocycles. The Labute approximate surface area is 233 Å². The Kier molecular flexibility index (Phi) is 10.7. The first-order valence-corrected chi connectivity index (χ1v) is 13.8. The number of hydrogen-bond donors (Lipinski definition) is 3. The van der Waals surface area contributed by atoms with Crippen LogP contribution in [0.15, 0.2) is 59.3 Å². The van der Waals surface area contributed by atoms with Crippen LogP contribution in [0.25, 0.3) is 22.2 Å². The van der Waals surface area contributed by atoms with Gasteiger partial charge in [-0.2, -0.15) is 0 Å². The second kappa shape index (κ2) is 14.0. The lowest BCUT2D eigenvalue weighted by atomic mass is 10.1. The molecule has 38 heavy (non-hydrogen) atoms. The number of benzene rings is 2. The Balaban J connectivity index is 0.000000223. The van der Waals surface area contributed by atoms with E-state index < -0.39 is 0 Å². The highest BCUT2D eigenvalue weighted by molar-refractivity contribution is 9.10. The predicted molar refractivity (Wildman–Crippen MR) is 160 cm³/mol. The minimum absolute atomic E-state index is 0.0125. The van der Waals surface area contributed by atoms with E-state index in [0.29, 0.717) is 29.6 Å². The van der Waals surface area contributed by atoms with Crippen LogP contribution in [0.5, 0.6) is 5.75 Å². The summed E-state index contributed by atoms with van der Waals surface area (Å²) in [6, 6.07) is 13.6. The molecule has 2 aromatic carbocycles. The van der Waals surface area contributed by atoms with Crippen LogP contribution in [0.4, 0.5) is 11.4 Å². The number of ether oxygens (including phenoxy) is 1. The van der Waals surface area contributed by atoms with Crippen molar-refractivity contribution >= 4 is 44.2 Å². The lowest BCUT2D eigenvalue weighted by Gasteiger charge is -2.09. The number of carbonyl (C=O) groups excluding carboxylic acids is 1. The third kappa shape index (κ3) is 8.58. The minimum Gasteiger partial charge on any atom is -0.494 e. The molecule has 7 nitrogen and oxygen atoms in total. The zero-order chi connectivity index (χ0) is 27.7. The van der Waals surface area contributed by atoms with Crippen molar-refractivity contribution in [2.24, 2.45) is 11.8 Å². The standard InChI is InChI=1S/C18H21N3O.C12H17BrN2O/c1-12(2)4-7-18-20-15-6-5-13(10-16(15)21-18)14-8-9-19-11-17(14)22-3;1-8(2)3-6-12(16)15-11-7-9(13)4-5-10(11)14/h5-6,8-12H,4,7H2,1-3H3,(H,20,21);4-5,7-8H,3,6,14H2,1-2H3,(H,15,16). The molecular weight excluding hydrogens is 542 g/mol. The molecular formula is C30H38BrN5O2. The van der Waals surface area contributed by atoms with Gasteiger partial charge in [-0.1, -0.05) is 49.7 Å². The van der Waals surface area contributed by atoms with Crippen LogP contribution >= 0.6 is 15.9 Å². The Bertz CT molecular complexity index is 1350. The zero-order valence-electron chi connectivity index (χ0n) is 22.8. The number of aromatic amines is 1. The molecule has 0 unspecified atom stereocenters. The number of carbonyl (C=O) groups is 1. The number of imidazole rings is 1. The summed E-state index contributed by atoms with van der Waals surface area (Å²) in [5.74, 6) is 3.07. The van der Waals surface area contributed by atoms with Crippen molar-refractivity contribution < 1.29 is 9.53 Å². The van der Waals surface area contributed by atoms with Gasteiger partial charge in [-0.05, 0) is 66.6 Å². The van der Waals surface area contributed by atoms with Crippen molar-refractivity contribution in [3.05, 3.63) is 65.2 Å². The minimum atomic E-state index is 0.0125. The summed E-state index contributed by atoms with van der Waals surface area (Å²) in [7, 11) is 1.67. The van der Waals surface area contributed by atoms with E-state index in [0.717, 1.165) is 57.5 Å². The van der Waals surface area contributed by atoms with Crippen molar-refractivity contribution in [3.63, 3.8) is 0 Å². The SMILES string of the molecule is CC(C)CCC(=O)Nc1cc(Br)ccc1N.COc1cnccc1-c1ccc2nc(CCC(C)C)[nH]c2c1. The lowest BCUT2D eigenvalue weighted by molar-refractivity contribution is -0.116. The van der Waals surface area contributed by atoms with Crippen LogP contribution in [0.3, 0.4) is 0 Å². The third-order valence-electron chi connectivity index (χ3n) is 6.04. The first-order chi connectivity index (χ1) is 18.2. The van der Waals surface area contributed by atoms with E-state index in [9.17, 15) is 4.79 Å². The monoisotopic (exact) mass is 579 g/mol. The highest BCUT2D eigenvalue weighted by atomic mass is 79.9. The van der Waals surface area contributed by atoms with Crippen molar-refractivity contribution in [1.82, 2.24) is 15.0 Å². The van der Waals surface area contributed by atoms with Crippen molar-refractivity contribution in [2.45, 2.75) is 53.4 Å². The number of amides is 1. The molecule has 0 spiro atoms. The van der Waals surface area contributed by atoms with Gasteiger partial charge in [0.15, 0.2) is 0 Å². The van der Waals surface area contributed by atoms with E-state index in [1.807, 2.05) is 18.2 Å². The molecule has 0 saturated carbocycles. The van der Waals surface area contributed by atoms with Gasteiger partial charge in [0.25, 0.3) is 0 Å². The highest BCUT2D eigenvalue weighted by Gasteiger charge is 2.09. The molecule has 0 fully saturated rings. The molecule has 0 radical (unpaired) electrons. The molecule has 2 heterocycles. The first kappa shape index (κ1) is 29.2. The number of nitrogens with two attached hydrogens (primary N) is 1. The fraction of sp³-hybridized carbons (Fsp3) is 0.367. The maximum absolute atomic E-state index is 11.6. The van der Waals surface area contributed by atoms with Gasteiger partial charge < -0.3 is 20.8 Å². The van der Waals surface area contributed by atoms with Crippen LogP contribution in [0, 0.1) is 11.8 Å². The van der Waals surface area contributed by atoms with Gasteiger partial charge in [-0.25, -0.2) is 4.98 Å². The van der Waals surface area contributed by atoms with Crippen LogP contribution in [-0.2, 0) is 11.2 Å². The summed E-state index contributed by atoms with van der Waals surface area (Å²) in [6.45, 7) is 8.66. The number of nitrogens with zero attached hydrogens (tertiary/aromatic N) is 2. The number of methoxy groups -OCH3 is 1. The molecule has 4 aromatic rings. The number of aryl methyl sites for hydroxylation is 1. The molecule has 4 N–H and O–H groups in total. The summed E-state index contributed by atoms with van der Waals surface area (Å²) in [6.07, 6.45) is 7.07. The number of aromatic nitrogens is 3. The number of H-pyrrole nitrogens is 1. The quantitative estimate of drug-likeness (QED) is 0.177. The predicted octanol–water partition coefficient (Wildman–Crippen LogP) is 7.63. The highest BCUT2D eigenvalue weighted by Crippen LogP contribution is 2.30. The Morgan fingerprint density at radius 3 is 2.55 bits per heavy atom. The Morgan fingerprint density at radius 2 is 1.84 bits per heavy atom.